The van der Waals surface area contributed by atoms with Crippen LogP contribution in [0, 0.1) is 5.82 Å². The third kappa shape index (κ3) is 6.11. The summed E-state index contributed by atoms with van der Waals surface area (Å²) in [4.78, 5) is 13.2. The first-order valence-corrected chi connectivity index (χ1v) is 13.0. The number of anilines is 2. The number of fused-ring (bicyclic) bond motifs is 2. The van der Waals surface area contributed by atoms with E-state index in [2.05, 4.69) is 54.3 Å². The predicted octanol–water partition coefficient (Wildman–Crippen LogP) is 8.29. The molecule has 0 spiro atoms. The number of ether oxygens (including phenoxy) is 1. The highest BCUT2D eigenvalue weighted by Crippen LogP contribution is 2.39. The summed E-state index contributed by atoms with van der Waals surface area (Å²) >= 11 is 0. The van der Waals surface area contributed by atoms with Crippen molar-refractivity contribution in [2.75, 3.05) is 11.4 Å². The molecule has 1 aliphatic rings. The van der Waals surface area contributed by atoms with Crippen LogP contribution in [0.4, 0.5) is 15.8 Å². The molecule has 0 saturated carbocycles. The Bertz CT molecular complexity index is 1400. The normalized spacial score (nSPS) is 15.3. The Labute approximate surface area is 229 Å². The lowest BCUT2D eigenvalue weighted by atomic mass is 9.90. The van der Waals surface area contributed by atoms with Gasteiger partial charge in [0.15, 0.2) is 0 Å². The molecule has 0 bridgehead atoms. The monoisotopic (exact) mass is 533 g/mol. The molecule has 0 radical (unpaired) electrons. The van der Waals surface area contributed by atoms with Gasteiger partial charge in [0.1, 0.15) is 17.7 Å². The number of aliphatic carboxylic acids is 1. The largest absolute Gasteiger partial charge is 0.486 e. The molecular formula is C32H33ClFNO3. The molecule has 4 aromatic carbocycles. The van der Waals surface area contributed by atoms with E-state index in [4.69, 9.17) is 9.84 Å². The van der Waals surface area contributed by atoms with E-state index < -0.39 is 5.97 Å². The Morgan fingerprint density at radius 2 is 1.82 bits per heavy atom. The third-order valence-corrected chi connectivity index (χ3v) is 7.30. The molecule has 198 valence electrons. The highest BCUT2D eigenvalue weighted by molar-refractivity contribution is 5.86. The lowest BCUT2D eigenvalue weighted by molar-refractivity contribution is -0.136. The topological polar surface area (TPSA) is 49.8 Å². The summed E-state index contributed by atoms with van der Waals surface area (Å²) < 4.78 is 20.8. The Balaban J connectivity index is 0.00000336. The van der Waals surface area contributed by atoms with Crippen LogP contribution in [0.3, 0.4) is 0 Å². The number of benzene rings is 4. The van der Waals surface area contributed by atoms with Crippen molar-refractivity contribution in [2.24, 2.45) is 0 Å². The lowest BCUT2D eigenvalue weighted by Gasteiger charge is -2.36. The van der Waals surface area contributed by atoms with Crippen LogP contribution in [0.2, 0.25) is 0 Å². The number of carbonyl (C=O) groups is 1. The number of hydrogen-bond acceptors (Lipinski definition) is 3. The van der Waals surface area contributed by atoms with Gasteiger partial charge in [-0.3, -0.25) is 4.79 Å². The first-order chi connectivity index (χ1) is 18.0. The third-order valence-electron chi connectivity index (χ3n) is 7.30. The standard InChI is InChI=1S/C32H32FNO3.ClH/c1-22(27-13-7-10-23-9-2-3-12-28(23)27)8-6-11-26-21-34(30-14-4-5-15-31(30)37-26)25-17-18-29(33)24(20-25)16-19-32(35)36;/h2-5,7,9-10,12-15,17-18,20,22,26H,6,8,11,16,19,21H2,1H3,(H,35,36);1H/t22-,26?;/m0./s1. The van der Waals surface area contributed by atoms with Crippen LogP contribution >= 0.6 is 12.4 Å². The van der Waals surface area contributed by atoms with Crippen molar-refractivity contribution in [3.8, 4) is 5.75 Å². The van der Waals surface area contributed by atoms with Gasteiger partial charge in [-0.25, -0.2) is 4.39 Å². The summed E-state index contributed by atoms with van der Waals surface area (Å²) in [5.41, 5.74) is 3.60. The Morgan fingerprint density at radius 1 is 1.05 bits per heavy atom. The second kappa shape index (κ2) is 12.3. The van der Waals surface area contributed by atoms with Crippen LogP contribution in [0.15, 0.2) is 84.9 Å². The van der Waals surface area contributed by atoms with Crippen LogP contribution in [0.25, 0.3) is 10.8 Å². The quantitative estimate of drug-likeness (QED) is 0.235. The van der Waals surface area contributed by atoms with Crippen molar-refractivity contribution in [1.82, 2.24) is 0 Å². The molecule has 0 amide bonds. The molecule has 5 rings (SSSR count). The van der Waals surface area contributed by atoms with Crippen LogP contribution in [-0.4, -0.2) is 23.7 Å². The van der Waals surface area contributed by atoms with Gasteiger partial charge < -0.3 is 14.7 Å². The van der Waals surface area contributed by atoms with Crippen LogP contribution in [0.1, 0.15) is 49.7 Å². The number of aryl methyl sites for hydroxylation is 1. The average Bonchev–Trinajstić information content (AvgIpc) is 2.91. The minimum absolute atomic E-state index is 0. The Kier molecular flexibility index (Phi) is 8.90. The molecule has 0 aliphatic carbocycles. The van der Waals surface area contributed by atoms with E-state index >= 15 is 0 Å². The number of hydrogen-bond donors (Lipinski definition) is 1. The number of para-hydroxylation sites is 2. The fourth-order valence-electron chi connectivity index (χ4n) is 5.34. The molecule has 0 saturated heterocycles. The Hall–Kier alpha value is -3.57. The summed E-state index contributed by atoms with van der Waals surface area (Å²) in [5.74, 6) is -0.0472. The van der Waals surface area contributed by atoms with Gasteiger partial charge in [0.25, 0.3) is 0 Å². The van der Waals surface area contributed by atoms with E-state index in [-0.39, 0.29) is 37.2 Å². The van der Waals surface area contributed by atoms with Crippen molar-refractivity contribution in [3.05, 3.63) is 102 Å². The molecule has 1 aliphatic heterocycles. The van der Waals surface area contributed by atoms with E-state index in [1.165, 1.54) is 22.4 Å². The summed E-state index contributed by atoms with van der Waals surface area (Å²) in [7, 11) is 0. The van der Waals surface area contributed by atoms with Gasteiger partial charge in [-0.1, -0.05) is 61.5 Å². The van der Waals surface area contributed by atoms with Gasteiger partial charge in [0.2, 0.25) is 0 Å². The molecule has 0 fully saturated rings. The molecule has 4 aromatic rings. The average molecular weight is 534 g/mol. The van der Waals surface area contributed by atoms with Gasteiger partial charge in [-0.05, 0) is 83.8 Å². The summed E-state index contributed by atoms with van der Waals surface area (Å²) in [6.07, 6.45) is 3.06. The van der Waals surface area contributed by atoms with E-state index in [0.717, 1.165) is 36.4 Å². The van der Waals surface area contributed by atoms with Crippen molar-refractivity contribution < 1.29 is 19.0 Å². The van der Waals surface area contributed by atoms with Gasteiger partial charge in [0.05, 0.1) is 12.2 Å². The van der Waals surface area contributed by atoms with E-state index in [1.54, 1.807) is 12.1 Å². The number of nitrogens with zero attached hydrogens (tertiary/aromatic N) is 1. The number of carboxylic acids is 1. The maximum absolute atomic E-state index is 14.4. The lowest BCUT2D eigenvalue weighted by Crippen LogP contribution is -2.37. The number of carboxylic acid groups (broad SMARTS) is 1. The number of halogens is 2. The molecule has 2 atom stereocenters. The molecule has 0 aromatic heterocycles. The minimum atomic E-state index is -0.931. The molecular weight excluding hydrogens is 501 g/mol. The van der Waals surface area contributed by atoms with E-state index in [9.17, 15) is 9.18 Å². The maximum atomic E-state index is 14.4. The SMILES string of the molecule is C[C@@H](CCCC1CN(c2ccc(F)c(CCC(=O)O)c2)c2ccccc2O1)c1cccc2ccccc12.Cl. The fourth-order valence-corrected chi connectivity index (χ4v) is 5.34. The summed E-state index contributed by atoms with van der Waals surface area (Å²) in [6.45, 7) is 2.95. The second-order valence-corrected chi connectivity index (χ2v) is 9.89. The van der Waals surface area contributed by atoms with Crippen LogP contribution in [0.5, 0.6) is 5.75 Å². The van der Waals surface area contributed by atoms with Crippen LogP contribution in [-0.2, 0) is 11.2 Å². The van der Waals surface area contributed by atoms with Gasteiger partial charge in [-0.15, -0.1) is 12.4 Å². The predicted molar refractivity (Wildman–Crippen MR) is 154 cm³/mol. The first-order valence-electron chi connectivity index (χ1n) is 13.0. The van der Waals surface area contributed by atoms with Crippen molar-refractivity contribution in [1.29, 1.82) is 0 Å². The molecule has 1 heterocycles. The van der Waals surface area contributed by atoms with Gasteiger partial charge in [-0.2, -0.15) is 0 Å². The second-order valence-electron chi connectivity index (χ2n) is 9.89. The molecule has 1 unspecified atom stereocenters. The van der Waals surface area contributed by atoms with E-state index in [0.29, 0.717) is 18.0 Å². The summed E-state index contributed by atoms with van der Waals surface area (Å²) in [6, 6.07) is 28.0. The zero-order valence-electron chi connectivity index (χ0n) is 21.5. The van der Waals surface area contributed by atoms with Gasteiger partial charge in [0, 0.05) is 12.1 Å². The molecule has 4 nitrogen and oxygen atoms in total. The minimum Gasteiger partial charge on any atom is -0.486 e. The van der Waals surface area contributed by atoms with Crippen molar-refractivity contribution in [2.45, 2.75) is 51.0 Å². The molecule has 38 heavy (non-hydrogen) atoms. The van der Waals surface area contributed by atoms with Crippen LogP contribution < -0.4 is 9.64 Å². The highest BCUT2D eigenvalue weighted by atomic mass is 35.5. The molecule has 1 N–H and O–H groups in total. The number of rotatable bonds is 9. The summed E-state index contributed by atoms with van der Waals surface area (Å²) in [5, 5.41) is 11.6. The van der Waals surface area contributed by atoms with Crippen molar-refractivity contribution in [3.63, 3.8) is 0 Å². The zero-order chi connectivity index (χ0) is 25.8. The first kappa shape index (κ1) is 27.5. The van der Waals surface area contributed by atoms with Crippen molar-refractivity contribution >= 4 is 40.5 Å². The Morgan fingerprint density at radius 3 is 2.66 bits per heavy atom. The smallest absolute Gasteiger partial charge is 0.303 e. The zero-order valence-corrected chi connectivity index (χ0v) is 22.3. The molecule has 6 heteroatoms. The van der Waals surface area contributed by atoms with Gasteiger partial charge >= 0.3 is 5.97 Å². The maximum Gasteiger partial charge on any atom is 0.303 e. The fraction of sp³-hybridized carbons (Fsp3) is 0.281. The highest BCUT2D eigenvalue weighted by Gasteiger charge is 2.27. The van der Waals surface area contributed by atoms with E-state index in [1.807, 2.05) is 24.3 Å².